The summed E-state index contributed by atoms with van der Waals surface area (Å²) in [7, 11) is 0. The van der Waals surface area contributed by atoms with Gasteiger partial charge >= 0.3 is 0 Å². The summed E-state index contributed by atoms with van der Waals surface area (Å²) >= 11 is 4.44. The molecule has 0 amide bonds. The van der Waals surface area contributed by atoms with Crippen LogP contribution in [0.3, 0.4) is 0 Å². The highest BCUT2D eigenvalue weighted by atomic mass is 79.9. The van der Waals surface area contributed by atoms with Gasteiger partial charge in [-0.3, -0.25) is 0 Å². The van der Waals surface area contributed by atoms with Crippen molar-refractivity contribution in [2.45, 2.75) is 5.33 Å². The average Bonchev–Trinajstić information content (AvgIpc) is 2.47. The van der Waals surface area contributed by atoms with Crippen LogP contribution in [-0.4, -0.2) is 4.98 Å². The van der Waals surface area contributed by atoms with Crippen LogP contribution in [-0.2, 0) is 5.33 Å². The van der Waals surface area contributed by atoms with E-state index < -0.39 is 11.6 Å². The van der Waals surface area contributed by atoms with Crippen molar-refractivity contribution in [1.82, 2.24) is 4.98 Å². The second kappa shape index (κ2) is 3.31. The Morgan fingerprint density at radius 3 is 2.85 bits per heavy atom. The molecule has 1 heterocycles. The standard InChI is InChI=1S/C8H4BrF2NS/c9-3-7-12-6-2-4(10)1-5(11)8(6)13-7/h1-2H,3H2. The number of benzene rings is 1. The normalized spacial score (nSPS) is 11.0. The fourth-order valence-electron chi connectivity index (χ4n) is 1.06. The predicted molar refractivity (Wildman–Crippen MR) is 52.2 cm³/mol. The molecule has 2 aromatic rings. The molecular formula is C8H4BrF2NS. The van der Waals surface area contributed by atoms with Crippen LogP contribution in [0.5, 0.6) is 0 Å². The van der Waals surface area contributed by atoms with E-state index in [-0.39, 0.29) is 0 Å². The summed E-state index contributed by atoms with van der Waals surface area (Å²) in [6, 6.07) is 2.11. The van der Waals surface area contributed by atoms with Gasteiger partial charge in [-0.1, -0.05) is 15.9 Å². The lowest BCUT2D eigenvalue weighted by atomic mass is 10.3. The fraction of sp³-hybridized carbons (Fsp3) is 0.125. The van der Waals surface area contributed by atoms with Crippen molar-refractivity contribution in [3.8, 4) is 0 Å². The fourth-order valence-corrected chi connectivity index (χ4v) is 2.33. The molecule has 5 heteroatoms. The number of rotatable bonds is 1. The lowest BCUT2D eigenvalue weighted by Crippen LogP contribution is -1.79. The lowest BCUT2D eigenvalue weighted by Gasteiger charge is -1.90. The number of nitrogens with zero attached hydrogens (tertiary/aromatic N) is 1. The minimum absolute atomic E-state index is 0.386. The molecule has 68 valence electrons. The Balaban J connectivity index is 2.75. The molecule has 1 nitrogen and oxygen atoms in total. The summed E-state index contributed by atoms with van der Waals surface area (Å²) in [5.41, 5.74) is 0.386. The van der Waals surface area contributed by atoms with Crippen LogP contribution in [0.25, 0.3) is 10.2 Å². The molecular weight excluding hydrogens is 260 g/mol. The number of halogens is 3. The molecule has 0 saturated carbocycles. The molecule has 0 aliphatic carbocycles. The van der Waals surface area contributed by atoms with Gasteiger partial charge in [-0.2, -0.15) is 0 Å². The molecule has 0 atom stereocenters. The lowest BCUT2D eigenvalue weighted by molar-refractivity contribution is 0.593. The third kappa shape index (κ3) is 1.58. The van der Waals surface area contributed by atoms with Crippen LogP contribution in [0.2, 0.25) is 0 Å². The summed E-state index contributed by atoms with van der Waals surface area (Å²) in [6.45, 7) is 0. The van der Waals surface area contributed by atoms with Gasteiger partial charge in [-0.05, 0) is 0 Å². The number of hydrogen-bond donors (Lipinski definition) is 0. The van der Waals surface area contributed by atoms with E-state index >= 15 is 0 Å². The molecule has 0 fully saturated rings. The van der Waals surface area contributed by atoms with Gasteiger partial charge in [0.1, 0.15) is 16.6 Å². The van der Waals surface area contributed by atoms with Crippen molar-refractivity contribution in [2.24, 2.45) is 0 Å². The van der Waals surface area contributed by atoms with Crippen LogP contribution in [0.4, 0.5) is 8.78 Å². The van der Waals surface area contributed by atoms with Gasteiger partial charge in [0, 0.05) is 12.1 Å². The first-order valence-electron chi connectivity index (χ1n) is 3.51. The Morgan fingerprint density at radius 2 is 2.15 bits per heavy atom. The molecule has 0 unspecified atom stereocenters. The molecule has 0 radical (unpaired) electrons. The van der Waals surface area contributed by atoms with E-state index in [4.69, 9.17) is 0 Å². The highest BCUT2D eigenvalue weighted by molar-refractivity contribution is 9.08. The molecule has 0 spiro atoms. The van der Waals surface area contributed by atoms with Crippen LogP contribution in [0, 0.1) is 11.6 Å². The van der Waals surface area contributed by atoms with E-state index in [0.717, 1.165) is 11.1 Å². The van der Waals surface area contributed by atoms with Crippen molar-refractivity contribution in [1.29, 1.82) is 0 Å². The van der Waals surface area contributed by atoms with Gasteiger partial charge in [-0.25, -0.2) is 13.8 Å². The Bertz CT molecular complexity index is 455. The van der Waals surface area contributed by atoms with E-state index in [0.29, 0.717) is 15.5 Å². The Kier molecular flexibility index (Phi) is 2.29. The number of fused-ring (bicyclic) bond motifs is 1. The molecule has 2 rings (SSSR count). The maximum absolute atomic E-state index is 13.1. The molecule has 0 bridgehead atoms. The zero-order valence-electron chi connectivity index (χ0n) is 6.35. The van der Waals surface area contributed by atoms with E-state index in [2.05, 4.69) is 20.9 Å². The zero-order valence-corrected chi connectivity index (χ0v) is 8.75. The van der Waals surface area contributed by atoms with Gasteiger partial charge in [0.2, 0.25) is 0 Å². The highest BCUT2D eigenvalue weighted by Gasteiger charge is 2.09. The first-order valence-corrected chi connectivity index (χ1v) is 5.45. The number of aromatic nitrogens is 1. The van der Waals surface area contributed by atoms with E-state index in [1.807, 2.05) is 0 Å². The molecule has 0 aliphatic rings. The predicted octanol–water partition coefficient (Wildman–Crippen LogP) is 3.47. The van der Waals surface area contributed by atoms with Gasteiger partial charge in [0.05, 0.1) is 15.5 Å². The average molecular weight is 264 g/mol. The summed E-state index contributed by atoms with van der Waals surface area (Å²) < 4.78 is 26.2. The minimum atomic E-state index is -0.587. The SMILES string of the molecule is Fc1cc(F)c2sc(CBr)nc2c1. The van der Waals surface area contributed by atoms with Crippen molar-refractivity contribution < 1.29 is 8.78 Å². The number of alkyl halides is 1. The topological polar surface area (TPSA) is 12.9 Å². The van der Waals surface area contributed by atoms with Crippen molar-refractivity contribution in [3.63, 3.8) is 0 Å². The van der Waals surface area contributed by atoms with Crippen LogP contribution in [0.15, 0.2) is 12.1 Å². The first kappa shape index (κ1) is 9.02. The van der Waals surface area contributed by atoms with Crippen molar-refractivity contribution in [3.05, 3.63) is 28.8 Å². The van der Waals surface area contributed by atoms with Crippen molar-refractivity contribution >= 4 is 37.5 Å². The van der Waals surface area contributed by atoms with E-state index in [9.17, 15) is 8.78 Å². The molecule has 0 N–H and O–H groups in total. The van der Waals surface area contributed by atoms with Gasteiger partial charge < -0.3 is 0 Å². The molecule has 1 aromatic heterocycles. The molecule has 13 heavy (non-hydrogen) atoms. The van der Waals surface area contributed by atoms with Gasteiger partial charge in [0.15, 0.2) is 0 Å². The zero-order chi connectivity index (χ0) is 9.42. The smallest absolute Gasteiger partial charge is 0.145 e. The second-order valence-electron chi connectivity index (χ2n) is 2.48. The Labute approximate surface area is 85.5 Å². The quantitative estimate of drug-likeness (QED) is 0.718. The molecule has 0 aliphatic heterocycles. The summed E-state index contributed by atoms with van der Waals surface area (Å²) in [5.74, 6) is -1.13. The highest BCUT2D eigenvalue weighted by Crippen LogP contribution is 2.26. The van der Waals surface area contributed by atoms with Gasteiger partial charge in [0.25, 0.3) is 0 Å². The maximum Gasteiger partial charge on any atom is 0.145 e. The maximum atomic E-state index is 13.1. The monoisotopic (exact) mass is 263 g/mol. The van der Waals surface area contributed by atoms with Crippen LogP contribution < -0.4 is 0 Å². The van der Waals surface area contributed by atoms with E-state index in [1.54, 1.807) is 0 Å². The third-order valence-corrected chi connectivity index (χ3v) is 3.55. The molecule has 1 aromatic carbocycles. The molecule has 0 saturated heterocycles. The van der Waals surface area contributed by atoms with Crippen molar-refractivity contribution in [2.75, 3.05) is 0 Å². The summed E-state index contributed by atoms with van der Waals surface area (Å²) in [6.07, 6.45) is 0. The summed E-state index contributed by atoms with van der Waals surface area (Å²) in [4.78, 5) is 4.04. The largest absolute Gasteiger partial charge is 0.240 e. The first-order chi connectivity index (χ1) is 6.20. The Hall–Kier alpha value is -0.550. The van der Waals surface area contributed by atoms with Crippen LogP contribution in [0.1, 0.15) is 5.01 Å². The summed E-state index contributed by atoms with van der Waals surface area (Å²) in [5, 5.41) is 1.31. The number of hydrogen-bond acceptors (Lipinski definition) is 2. The van der Waals surface area contributed by atoms with Crippen LogP contribution >= 0.6 is 27.3 Å². The van der Waals surface area contributed by atoms with E-state index in [1.165, 1.54) is 17.4 Å². The number of thiazole rings is 1. The minimum Gasteiger partial charge on any atom is -0.240 e. The third-order valence-electron chi connectivity index (χ3n) is 1.57. The van der Waals surface area contributed by atoms with Gasteiger partial charge in [-0.15, -0.1) is 11.3 Å². The second-order valence-corrected chi connectivity index (χ2v) is 4.12. The Morgan fingerprint density at radius 1 is 1.38 bits per heavy atom.